The van der Waals surface area contributed by atoms with Crippen molar-refractivity contribution in [1.29, 1.82) is 0 Å². The van der Waals surface area contributed by atoms with Gasteiger partial charge in [0.25, 0.3) is 0 Å². The van der Waals surface area contributed by atoms with Crippen molar-refractivity contribution in [2.45, 2.75) is 12.6 Å². The second-order valence-corrected chi connectivity index (χ2v) is 6.89. The van der Waals surface area contributed by atoms with Gasteiger partial charge in [-0.1, -0.05) is 66.7 Å². The van der Waals surface area contributed by atoms with Crippen molar-refractivity contribution in [3.05, 3.63) is 102 Å². The number of hydrogen-bond acceptors (Lipinski definition) is 4. The van der Waals surface area contributed by atoms with E-state index in [2.05, 4.69) is 23.1 Å². The molecule has 1 atom stereocenters. The summed E-state index contributed by atoms with van der Waals surface area (Å²) in [6, 6.07) is 26.0. The average Bonchev–Trinajstić information content (AvgIpc) is 2.79. The highest BCUT2D eigenvalue weighted by Crippen LogP contribution is 2.43. The Kier molecular flexibility index (Phi) is 5.34. The first-order valence-corrected chi connectivity index (χ1v) is 9.56. The van der Waals surface area contributed by atoms with E-state index in [4.69, 9.17) is 9.47 Å². The van der Waals surface area contributed by atoms with Crippen molar-refractivity contribution in [3.8, 4) is 5.75 Å². The molecule has 0 aliphatic carbocycles. The number of benzene rings is 3. The lowest BCUT2D eigenvalue weighted by molar-refractivity contribution is -0.133. The highest BCUT2D eigenvalue weighted by Gasteiger charge is 2.32. The largest absolute Gasteiger partial charge is 0.496 e. The molecule has 146 valence electrons. The fourth-order valence-corrected chi connectivity index (χ4v) is 3.86. The fourth-order valence-electron chi connectivity index (χ4n) is 3.86. The molecule has 4 rings (SSSR count). The summed E-state index contributed by atoms with van der Waals surface area (Å²) >= 11 is 0. The third-order valence-electron chi connectivity index (χ3n) is 5.22. The highest BCUT2D eigenvalue weighted by molar-refractivity contribution is 6.19. The molecule has 0 aromatic heterocycles. The van der Waals surface area contributed by atoms with Gasteiger partial charge in [-0.25, -0.2) is 4.79 Å². The molecule has 3 aromatic carbocycles. The maximum atomic E-state index is 12.6. The Morgan fingerprint density at radius 1 is 0.897 bits per heavy atom. The van der Waals surface area contributed by atoms with Crippen LogP contribution in [0.25, 0.3) is 5.57 Å². The number of carbonyl (C=O) groups excluding carboxylic acids is 1. The van der Waals surface area contributed by atoms with Gasteiger partial charge in [-0.05, 0) is 23.8 Å². The molecule has 1 heterocycles. The molecule has 0 spiro atoms. The van der Waals surface area contributed by atoms with Crippen LogP contribution in [0.5, 0.6) is 5.75 Å². The molecule has 29 heavy (non-hydrogen) atoms. The maximum Gasteiger partial charge on any atom is 0.338 e. The number of methoxy groups -OCH3 is 2. The zero-order chi connectivity index (χ0) is 20.2. The van der Waals surface area contributed by atoms with E-state index in [1.54, 1.807) is 7.11 Å². The summed E-state index contributed by atoms with van der Waals surface area (Å²) < 4.78 is 10.7. The standard InChI is InChI=1S/C25H23NO3/c1-28-24-15-9-7-13-20(24)23-16-21(25(27)29-2)19-12-6-8-14-22(19)26(23)17-18-10-4-3-5-11-18/h3-16,23H,17H2,1-2H3. The quantitative estimate of drug-likeness (QED) is 0.579. The Morgan fingerprint density at radius 3 is 2.34 bits per heavy atom. The number of hydrogen-bond donors (Lipinski definition) is 0. The van der Waals surface area contributed by atoms with Crippen LogP contribution < -0.4 is 9.64 Å². The van der Waals surface area contributed by atoms with Crippen molar-refractivity contribution >= 4 is 17.2 Å². The van der Waals surface area contributed by atoms with Crippen LogP contribution in [0.1, 0.15) is 22.7 Å². The molecule has 0 amide bonds. The molecule has 0 saturated carbocycles. The molecule has 4 heteroatoms. The second kappa shape index (κ2) is 8.23. The summed E-state index contributed by atoms with van der Waals surface area (Å²) in [6.07, 6.45) is 1.98. The van der Waals surface area contributed by atoms with Crippen LogP contribution in [0.4, 0.5) is 5.69 Å². The molecule has 0 saturated heterocycles. The Balaban J connectivity index is 1.90. The van der Waals surface area contributed by atoms with Gasteiger partial charge < -0.3 is 14.4 Å². The number of ether oxygens (including phenoxy) is 2. The van der Waals surface area contributed by atoms with E-state index in [0.29, 0.717) is 12.1 Å². The van der Waals surface area contributed by atoms with E-state index in [9.17, 15) is 4.79 Å². The zero-order valence-corrected chi connectivity index (χ0v) is 16.5. The Bertz CT molecular complexity index is 1040. The molecular weight excluding hydrogens is 362 g/mol. The minimum Gasteiger partial charge on any atom is -0.496 e. The molecule has 0 radical (unpaired) electrons. The van der Waals surface area contributed by atoms with Crippen LogP contribution >= 0.6 is 0 Å². The highest BCUT2D eigenvalue weighted by atomic mass is 16.5. The first-order chi connectivity index (χ1) is 14.2. The summed E-state index contributed by atoms with van der Waals surface area (Å²) in [6.45, 7) is 0.700. The average molecular weight is 385 g/mol. The maximum absolute atomic E-state index is 12.6. The van der Waals surface area contributed by atoms with Gasteiger partial charge in [0.2, 0.25) is 0 Å². The van der Waals surface area contributed by atoms with E-state index >= 15 is 0 Å². The van der Waals surface area contributed by atoms with Crippen LogP contribution in [-0.4, -0.2) is 20.2 Å². The molecule has 4 nitrogen and oxygen atoms in total. The molecule has 3 aromatic rings. The van der Waals surface area contributed by atoms with Crippen molar-refractivity contribution in [2.75, 3.05) is 19.1 Å². The molecule has 0 fully saturated rings. The lowest BCUT2D eigenvalue weighted by atomic mass is 9.90. The van der Waals surface area contributed by atoms with Gasteiger partial charge in [-0.15, -0.1) is 0 Å². The predicted molar refractivity (Wildman–Crippen MR) is 115 cm³/mol. The van der Waals surface area contributed by atoms with E-state index < -0.39 is 0 Å². The normalized spacial score (nSPS) is 15.3. The van der Waals surface area contributed by atoms with Gasteiger partial charge >= 0.3 is 5.97 Å². The van der Waals surface area contributed by atoms with Crippen LogP contribution in [0.2, 0.25) is 0 Å². The third kappa shape index (κ3) is 3.61. The minimum atomic E-state index is -0.336. The van der Waals surface area contributed by atoms with E-state index in [1.165, 1.54) is 12.7 Å². The number of carbonyl (C=O) groups is 1. The van der Waals surface area contributed by atoms with Crippen LogP contribution in [0.3, 0.4) is 0 Å². The van der Waals surface area contributed by atoms with Gasteiger partial charge in [0.05, 0.1) is 25.8 Å². The molecule has 0 N–H and O–H groups in total. The number of para-hydroxylation sites is 2. The van der Waals surface area contributed by atoms with E-state index in [0.717, 1.165) is 22.6 Å². The molecule has 1 unspecified atom stereocenters. The number of fused-ring (bicyclic) bond motifs is 1. The van der Waals surface area contributed by atoms with Crippen molar-refractivity contribution in [3.63, 3.8) is 0 Å². The van der Waals surface area contributed by atoms with Gasteiger partial charge in [0, 0.05) is 23.4 Å². The monoisotopic (exact) mass is 385 g/mol. The SMILES string of the molecule is COC(=O)C1=CC(c2ccccc2OC)N(Cc2ccccc2)c2ccccc21. The van der Waals surface area contributed by atoms with Crippen LogP contribution in [0.15, 0.2) is 84.9 Å². The van der Waals surface area contributed by atoms with Crippen molar-refractivity contribution < 1.29 is 14.3 Å². The molecular formula is C25H23NO3. The topological polar surface area (TPSA) is 38.8 Å². The molecule has 0 bridgehead atoms. The second-order valence-electron chi connectivity index (χ2n) is 6.89. The number of nitrogens with zero attached hydrogens (tertiary/aromatic N) is 1. The summed E-state index contributed by atoms with van der Waals surface area (Å²) in [4.78, 5) is 14.9. The Hall–Kier alpha value is -3.53. The van der Waals surface area contributed by atoms with E-state index in [1.807, 2.05) is 66.7 Å². The van der Waals surface area contributed by atoms with Gasteiger partial charge in [0.1, 0.15) is 5.75 Å². The first kappa shape index (κ1) is 18.8. The van der Waals surface area contributed by atoms with Crippen molar-refractivity contribution in [1.82, 2.24) is 0 Å². The van der Waals surface area contributed by atoms with Gasteiger partial charge in [-0.3, -0.25) is 0 Å². The zero-order valence-electron chi connectivity index (χ0n) is 16.5. The van der Waals surface area contributed by atoms with Crippen LogP contribution in [0, 0.1) is 0 Å². The predicted octanol–water partition coefficient (Wildman–Crippen LogP) is 5.01. The van der Waals surface area contributed by atoms with Crippen LogP contribution in [-0.2, 0) is 16.1 Å². The lowest BCUT2D eigenvalue weighted by Crippen LogP contribution is -2.32. The van der Waals surface area contributed by atoms with Crippen molar-refractivity contribution in [2.24, 2.45) is 0 Å². The Morgan fingerprint density at radius 2 is 1.59 bits per heavy atom. The summed E-state index contributed by atoms with van der Waals surface area (Å²) in [5.41, 5.74) is 4.64. The number of rotatable bonds is 5. The molecule has 1 aliphatic rings. The first-order valence-electron chi connectivity index (χ1n) is 9.56. The smallest absolute Gasteiger partial charge is 0.338 e. The van der Waals surface area contributed by atoms with Gasteiger partial charge in [-0.2, -0.15) is 0 Å². The fraction of sp³-hybridized carbons (Fsp3) is 0.160. The Labute approximate surface area is 171 Å². The number of anilines is 1. The number of esters is 1. The summed E-state index contributed by atoms with van der Waals surface area (Å²) in [7, 11) is 3.09. The minimum absolute atomic E-state index is 0.171. The summed E-state index contributed by atoms with van der Waals surface area (Å²) in [5, 5.41) is 0. The molecule has 1 aliphatic heterocycles. The van der Waals surface area contributed by atoms with E-state index in [-0.39, 0.29) is 12.0 Å². The summed E-state index contributed by atoms with van der Waals surface area (Å²) in [5.74, 6) is 0.451. The van der Waals surface area contributed by atoms with Gasteiger partial charge in [0.15, 0.2) is 0 Å². The third-order valence-corrected chi connectivity index (χ3v) is 5.22. The lowest BCUT2D eigenvalue weighted by Gasteiger charge is -2.38.